The molecule has 0 aromatic heterocycles. The van der Waals surface area contributed by atoms with Gasteiger partial charge in [0, 0.05) is 29.4 Å². The van der Waals surface area contributed by atoms with Crippen molar-refractivity contribution in [3.63, 3.8) is 0 Å². The Bertz CT molecular complexity index is 849. The maximum atomic E-state index is 4.10. The highest BCUT2D eigenvalue weighted by atomic mass is 15.0. The van der Waals surface area contributed by atoms with Crippen molar-refractivity contribution in [2.24, 2.45) is 17.8 Å². The fourth-order valence-corrected chi connectivity index (χ4v) is 6.19. The molecule has 2 N–H and O–H groups in total. The molecule has 0 spiro atoms. The van der Waals surface area contributed by atoms with Crippen molar-refractivity contribution in [1.29, 1.82) is 0 Å². The first-order valence-corrected chi connectivity index (χ1v) is 13.3. The van der Waals surface area contributed by atoms with E-state index in [9.17, 15) is 0 Å². The van der Waals surface area contributed by atoms with Crippen molar-refractivity contribution in [3.8, 4) is 0 Å². The van der Waals surface area contributed by atoms with Gasteiger partial charge in [0.05, 0.1) is 0 Å². The van der Waals surface area contributed by atoms with Crippen LogP contribution in [0.5, 0.6) is 0 Å². The lowest BCUT2D eigenvalue weighted by atomic mass is 9.68. The van der Waals surface area contributed by atoms with Gasteiger partial charge in [-0.2, -0.15) is 0 Å². The molecule has 1 fully saturated rings. The topological polar surface area (TPSA) is 24.1 Å². The summed E-state index contributed by atoms with van der Waals surface area (Å²) in [5.41, 5.74) is 5.73. The number of hydrogen-bond acceptors (Lipinski definition) is 2. The number of anilines is 1. The Morgan fingerprint density at radius 3 is 2.50 bits per heavy atom. The maximum Gasteiger partial charge on any atom is 0.0418 e. The highest BCUT2D eigenvalue weighted by molar-refractivity contribution is 5.72. The summed E-state index contributed by atoms with van der Waals surface area (Å²) in [6, 6.07) is 6.37. The van der Waals surface area contributed by atoms with Crippen LogP contribution in [0.15, 0.2) is 42.5 Å². The molecule has 1 aromatic rings. The summed E-state index contributed by atoms with van der Waals surface area (Å²) in [6.45, 7) is 9.37. The predicted molar refractivity (Wildman–Crippen MR) is 140 cm³/mol. The molecule has 6 atom stereocenters. The first-order valence-electron chi connectivity index (χ1n) is 13.3. The fourth-order valence-electron chi connectivity index (χ4n) is 6.19. The standard InChI is InChI=1S/C30H44N2/c1-5-23(31-29-19-15-21(3)25-11-7-9-13-27(25)29)17-18-24(6-2)32-30-20-16-22(4)26-12-8-10-14-28(26)30/h7,9-11,13-14,16,20-21,23-25,27,29,31-32H,5-6,8,12,15,17-19H2,1-4H3. The lowest BCUT2D eigenvalue weighted by molar-refractivity contribution is 0.174. The zero-order valence-electron chi connectivity index (χ0n) is 20.7. The molecule has 3 aliphatic rings. The zero-order valence-corrected chi connectivity index (χ0v) is 20.7. The summed E-state index contributed by atoms with van der Waals surface area (Å²) >= 11 is 0. The van der Waals surface area contributed by atoms with Crippen molar-refractivity contribution in [1.82, 2.24) is 5.32 Å². The summed E-state index contributed by atoms with van der Waals surface area (Å²) in [5, 5.41) is 8.02. The van der Waals surface area contributed by atoms with E-state index in [2.05, 4.69) is 86.9 Å². The van der Waals surface area contributed by atoms with Crippen molar-refractivity contribution >= 4 is 11.8 Å². The van der Waals surface area contributed by atoms with Gasteiger partial charge in [-0.3, -0.25) is 0 Å². The Labute approximate surface area is 196 Å². The monoisotopic (exact) mass is 432 g/mol. The Morgan fingerprint density at radius 2 is 1.72 bits per heavy atom. The van der Waals surface area contributed by atoms with Crippen LogP contribution in [0.3, 0.4) is 0 Å². The van der Waals surface area contributed by atoms with E-state index in [0.717, 1.165) is 11.8 Å². The Morgan fingerprint density at radius 1 is 0.969 bits per heavy atom. The molecule has 32 heavy (non-hydrogen) atoms. The lowest BCUT2D eigenvalue weighted by Crippen LogP contribution is -2.48. The minimum atomic E-state index is 0.532. The maximum absolute atomic E-state index is 4.10. The molecule has 0 aliphatic heterocycles. The molecule has 174 valence electrons. The third-order valence-corrected chi connectivity index (χ3v) is 8.37. The molecule has 0 radical (unpaired) electrons. The van der Waals surface area contributed by atoms with Gasteiger partial charge in [-0.15, -0.1) is 0 Å². The van der Waals surface area contributed by atoms with Gasteiger partial charge in [0.25, 0.3) is 0 Å². The molecule has 0 amide bonds. The molecule has 3 aliphatic carbocycles. The molecule has 2 nitrogen and oxygen atoms in total. The summed E-state index contributed by atoms with van der Waals surface area (Å²) < 4.78 is 0. The van der Waals surface area contributed by atoms with Crippen LogP contribution in [0, 0.1) is 24.7 Å². The average Bonchev–Trinajstić information content (AvgIpc) is 2.84. The van der Waals surface area contributed by atoms with Crippen LogP contribution in [0.4, 0.5) is 5.69 Å². The van der Waals surface area contributed by atoms with Crippen LogP contribution < -0.4 is 10.6 Å². The number of nitrogens with one attached hydrogen (secondary N) is 2. The summed E-state index contributed by atoms with van der Waals surface area (Å²) in [6.07, 6.45) is 24.0. The van der Waals surface area contributed by atoms with Gasteiger partial charge in [0.15, 0.2) is 0 Å². The quantitative estimate of drug-likeness (QED) is 0.423. The van der Waals surface area contributed by atoms with E-state index in [1.807, 2.05) is 0 Å². The van der Waals surface area contributed by atoms with E-state index in [1.165, 1.54) is 73.7 Å². The van der Waals surface area contributed by atoms with Gasteiger partial charge in [0.1, 0.15) is 0 Å². The lowest BCUT2D eigenvalue weighted by Gasteiger charge is -2.42. The van der Waals surface area contributed by atoms with Crippen molar-refractivity contribution < 1.29 is 0 Å². The number of fused-ring (bicyclic) bond motifs is 2. The molecule has 1 aromatic carbocycles. The molecular weight excluding hydrogens is 388 g/mol. The van der Waals surface area contributed by atoms with E-state index in [-0.39, 0.29) is 0 Å². The Kier molecular flexibility index (Phi) is 7.94. The molecule has 4 rings (SSSR count). The SMILES string of the molecule is CCC(CCC(CC)NC1CCC(C)C2C=CC=CC12)Nc1ccc(C)c2c1C=CCC2. The predicted octanol–water partition coefficient (Wildman–Crippen LogP) is 7.45. The molecule has 0 heterocycles. The minimum absolute atomic E-state index is 0.532. The molecule has 6 unspecified atom stereocenters. The second kappa shape index (κ2) is 10.9. The van der Waals surface area contributed by atoms with E-state index in [4.69, 9.17) is 0 Å². The third kappa shape index (κ3) is 5.22. The van der Waals surface area contributed by atoms with Crippen LogP contribution in [0.25, 0.3) is 6.08 Å². The van der Waals surface area contributed by atoms with Crippen LogP contribution in [-0.4, -0.2) is 18.1 Å². The number of allylic oxidation sites excluding steroid dienone is 4. The first kappa shape index (κ1) is 23.4. The second-order valence-electron chi connectivity index (χ2n) is 10.4. The van der Waals surface area contributed by atoms with Crippen molar-refractivity contribution in [2.45, 2.75) is 97.2 Å². The van der Waals surface area contributed by atoms with Crippen molar-refractivity contribution in [2.75, 3.05) is 5.32 Å². The molecule has 0 saturated heterocycles. The normalized spacial score (nSPS) is 28.1. The van der Waals surface area contributed by atoms with E-state index < -0.39 is 0 Å². The highest BCUT2D eigenvalue weighted by Gasteiger charge is 2.36. The van der Waals surface area contributed by atoms with E-state index >= 15 is 0 Å². The number of aryl methyl sites for hydroxylation is 1. The zero-order chi connectivity index (χ0) is 22.5. The molecule has 2 heteroatoms. The van der Waals surface area contributed by atoms with Gasteiger partial charge in [-0.05, 0) is 93.2 Å². The average molecular weight is 433 g/mol. The third-order valence-electron chi connectivity index (χ3n) is 8.37. The smallest absolute Gasteiger partial charge is 0.0418 e. The van der Waals surface area contributed by atoms with Crippen LogP contribution in [0.1, 0.15) is 82.4 Å². The molecular formula is C30H44N2. The number of benzene rings is 1. The van der Waals surface area contributed by atoms with Gasteiger partial charge in [-0.1, -0.05) is 63.3 Å². The number of rotatable bonds is 9. The summed E-state index contributed by atoms with van der Waals surface area (Å²) in [5.74, 6) is 2.20. The van der Waals surface area contributed by atoms with Gasteiger partial charge in [0.2, 0.25) is 0 Å². The number of hydrogen-bond donors (Lipinski definition) is 2. The van der Waals surface area contributed by atoms with Gasteiger partial charge < -0.3 is 10.6 Å². The van der Waals surface area contributed by atoms with E-state index in [1.54, 1.807) is 0 Å². The minimum Gasteiger partial charge on any atom is -0.382 e. The van der Waals surface area contributed by atoms with Crippen LogP contribution >= 0.6 is 0 Å². The largest absolute Gasteiger partial charge is 0.382 e. The van der Waals surface area contributed by atoms with Gasteiger partial charge in [-0.25, -0.2) is 0 Å². The molecule has 1 saturated carbocycles. The summed E-state index contributed by atoms with van der Waals surface area (Å²) in [7, 11) is 0. The van der Waals surface area contributed by atoms with Crippen LogP contribution in [0.2, 0.25) is 0 Å². The van der Waals surface area contributed by atoms with Crippen LogP contribution in [-0.2, 0) is 6.42 Å². The highest BCUT2D eigenvalue weighted by Crippen LogP contribution is 2.39. The Hall–Kier alpha value is -1.80. The first-order chi connectivity index (χ1) is 15.6. The fraction of sp³-hybridized carbons (Fsp3) is 0.600. The Balaban J connectivity index is 1.36. The summed E-state index contributed by atoms with van der Waals surface area (Å²) in [4.78, 5) is 0. The van der Waals surface area contributed by atoms with Gasteiger partial charge >= 0.3 is 0 Å². The second-order valence-corrected chi connectivity index (χ2v) is 10.4. The van der Waals surface area contributed by atoms with Crippen molar-refractivity contribution in [3.05, 3.63) is 59.2 Å². The molecule has 0 bridgehead atoms. The van der Waals surface area contributed by atoms with E-state index in [0.29, 0.717) is 24.0 Å².